The number of amides is 1. The highest BCUT2D eigenvalue weighted by molar-refractivity contribution is 5.77. The fraction of sp³-hybridized carbons (Fsp3) is 0.533. The normalized spacial score (nSPS) is 10.7. The van der Waals surface area contributed by atoms with Gasteiger partial charge in [0.15, 0.2) is 6.61 Å². The van der Waals surface area contributed by atoms with Gasteiger partial charge < -0.3 is 15.4 Å². The highest BCUT2D eigenvalue weighted by Gasteiger charge is 2.10. The van der Waals surface area contributed by atoms with Gasteiger partial charge in [-0.1, -0.05) is 13.8 Å². The quantitative estimate of drug-likeness (QED) is 0.769. The number of rotatable bonds is 8. The molecule has 1 aromatic carbocycles. The van der Waals surface area contributed by atoms with Crippen molar-refractivity contribution in [3.05, 3.63) is 29.6 Å². The van der Waals surface area contributed by atoms with Crippen LogP contribution in [-0.2, 0) is 11.3 Å². The number of benzene rings is 1. The van der Waals surface area contributed by atoms with Crippen molar-refractivity contribution in [3.63, 3.8) is 0 Å². The highest BCUT2D eigenvalue weighted by Crippen LogP contribution is 2.19. The van der Waals surface area contributed by atoms with Crippen LogP contribution in [0.5, 0.6) is 5.75 Å². The molecule has 5 heteroatoms. The second kappa shape index (κ2) is 8.53. The third-order valence-electron chi connectivity index (χ3n) is 3.10. The summed E-state index contributed by atoms with van der Waals surface area (Å²) in [5.41, 5.74) is 0.697. The summed E-state index contributed by atoms with van der Waals surface area (Å²) in [6, 6.07) is 4.46. The number of carbonyl (C=O) groups is 1. The lowest BCUT2D eigenvalue weighted by Crippen LogP contribution is -2.37. The number of halogens is 1. The fourth-order valence-electron chi connectivity index (χ4n) is 1.92. The first kappa shape index (κ1) is 16.4. The first-order valence-corrected chi connectivity index (χ1v) is 6.95. The summed E-state index contributed by atoms with van der Waals surface area (Å²) in [4.78, 5) is 11.8. The molecule has 2 N–H and O–H groups in total. The molecule has 0 atom stereocenters. The number of hydrogen-bond acceptors (Lipinski definition) is 3. The summed E-state index contributed by atoms with van der Waals surface area (Å²) in [5, 5.41) is 5.84. The average molecular weight is 282 g/mol. The van der Waals surface area contributed by atoms with E-state index >= 15 is 0 Å². The van der Waals surface area contributed by atoms with Gasteiger partial charge in [-0.2, -0.15) is 0 Å². The fourth-order valence-corrected chi connectivity index (χ4v) is 1.92. The molecule has 0 aliphatic rings. The standard InChI is InChI=1S/C15H23FN2O2/c1-4-13(5-2)18-15(19)10-20-14-7-6-12(16)8-11(14)9-17-3/h6-8,13,17H,4-5,9-10H2,1-3H3,(H,18,19). The lowest BCUT2D eigenvalue weighted by atomic mass is 10.2. The maximum Gasteiger partial charge on any atom is 0.258 e. The van der Waals surface area contributed by atoms with Crippen molar-refractivity contribution in [1.29, 1.82) is 0 Å². The van der Waals surface area contributed by atoms with Gasteiger partial charge >= 0.3 is 0 Å². The van der Waals surface area contributed by atoms with Crippen LogP contribution in [0.3, 0.4) is 0 Å². The number of ether oxygens (including phenoxy) is 1. The maximum atomic E-state index is 13.2. The molecule has 4 nitrogen and oxygen atoms in total. The minimum atomic E-state index is -0.316. The van der Waals surface area contributed by atoms with Crippen molar-refractivity contribution >= 4 is 5.91 Å². The van der Waals surface area contributed by atoms with Crippen LogP contribution >= 0.6 is 0 Å². The molecule has 0 aliphatic carbocycles. The van der Waals surface area contributed by atoms with Crippen LogP contribution in [0, 0.1) is 5.82 Å². The van der Waals surface area contributed by atoms with E-state index in [2.05, 4.69) is 10.6 Å². The molecule has 0 aliphatic heterocycles. The van der Waals surface area contributed by atoms with Crippen molar-refractivity contribution in [3.8, 4) is 5.75 Å². The zero-order valence-corrected chi connectivity index (χ0v) is 12.3. The second-order valence-corrected chi connectivity index (χ2v) is 4.65. The summed E-state index contributed by atoms with van der Waals surface area (Å²) in [6.45, 7) is 4.49. The molecule has 0 radical (unpaired) electrons. The predicted octanol–water partition coefficient (Wildman–Crippen LogP) is 2.23. The third kappa shape index (κ3) is 5.17. The van der Waals surface area contributed by atoms with E-state index in [0.29, 0.717) is 17.9 Å². The van der Waals surface area contributed by atoms with Gasteiger partial charge in [-0.15, -0.1) is 0 Å². The smallest absolute Gasteiger partial charge is 0.258 e. The van der Waals surface area contributed by atoms with E-state index in [4.69, 9.17) is 4.74 Å². The van der Waals surface area contributed by atoms with Gasteiger partial charge in [0.2, 0.25) is 0 Å². The lowest BCUT2D eigenvalue weighted by Gasteiger charge is -2.16. The summed E-state index contributed by atoms with van der Waals surface area (Å²) >= 11 is 0. The zero-order valence-electron chi connectivity index (χ0n) is 12.3. The van der Waals surface area contributed by atoms with Gasteiger partial charge in [-0.3, -0.25) is 4.79 Å². The minimum absolute atomic E-state index is 0.0567. The Kier molecular flexibility index (Phi) is 7.01. The first-order valence-electron chi connectivity index (χ1n) is 6.95. The van der Waals surface area contributed by atoms with Crippen molar-refractivity contribution in [2.24, 2.45) is 0 Å². The Bertz CT molecular complexity index is 434. The minimum Gasteiger partial charge on any atom is -0.483 e. The van der Waals surface area contributed by atoms with Crippen LogP contribution < -0.4 is 15.4 Å². The molecular formula is C15H23FN2O2. The SMILES string of the molecule is CCC(CC)NC(=O)COc1ccc(F)cc1CNC. The summed E-state index contributed by atoms with van der Waals surface area (Å²) in [5.74, 6) is 0.0583. The number of nitrogens with one attached hydrogen (secondary N) is 2. The molecule has 112 valence electrons. The van der Waals surface area contributed by atoms with Crippen LogP contribution in [-0.4, -0.2) is 25.6 Å². The Morgan fingerprint density at radius 2 is 2.05 bits per heavy atom. The van der Waals surface area contributed by atoms with Gasteiger partial charge in [0.1, 0.15) is 11.6 Å². The van der Waals surface area contributed by atoms with Crippen LogP contribution in [0.25, 0.3) is 0 Å². The largest absolute Gasteiger partial charge is 0.483 e. The molecule has 0 saturated carbocycles. The molecule has 0 saturated heterocycles. The molecule has 0 unspecified atom stereocenters. The van der Waals surface area contributed by atoms with E-state index in [1.54, 1.807) is 13.1 Å². The monoisotopic (exact) mass is 282 g/mol. The van der Waals surface area contributed by atoms with E-state index in [1.165, 1.54) is 12.1 Å². The maximum absolute atomic E-state index is 13.2. The second-order valence-electron chi connectivity index (χ2n) is 4.65. The van der Waals surface area contributed by atoms with Crippen LogP contribution in [0.15, 0.2) is 18.2 Å². The number of hydrogen-bond donors (Lipinski definition) is 2. The molecule has 0 bridgehead atoms. The van der Waals surface area contributed by atoms with Gasteiger partial charge in [0.05, 0.1) is 0 Å². The summed E-state index contributed by atoms with van der Waals surface area (Å²) in [6.07, 6.45) is 1.79. The molecule has 1 aromatic rings. The molecule has 0 aromatic heterocycles. The molecular weight excluding hydrogens is 259 g/mol. The van der Waals surface area contributed by atoms with E-state index in [0.717, 1.165) is 12.8 Å². The topological polar surface area (TPSA) is 50.4 Å². The molecule has 20 heavy (non-hydrogen) atoms. The summed E-state index contributed by atoms with van der Waals surface area (Å²) in [7, 11) is 1.77. The Morgan fingerprint density at radius 1 is 1.35 bits per heavy atom. The molecule has 0 spiro atoms. The third-order valence-corrected chi connectivity index (χ3v) is 3.10. The highest BCUT2D eigenvalue weighted by atomic mass is 19.1. The Labute approximate surface area is 119 Å². The average Bonchev–Trinajstić information content (AvgIpc) is 2.44. The predicted molar refractivity (Wildman–Crippen MR) is 77.2 cm³/mol. The Morgan fingerprint density at radius 3 is 2.65 bits per heavy atom. The van der Waals surface area contributed by atoms with Crippen LogP contribution in [0.2, 0.25) is 0 Å². The van der Waals surface area contributed by atoms with E-state index in [1.807, 2.05) is 13.8 Å². The van der Waals surface area contributed by atoms with Crippen molar-refractivity contribution < 1.29 is 13.9 Å². The van der Waals surface area contributed by atoms with Gasteiger partial charge in [0, 0.05) is 18.2 Å². The van der Waals surface area contributed by atoms with Crippen LogP contribution in [0.1, 0.15) is 32.3 Å². The number of carbonyl (C=O) groups excluding carboxylic acids is 1. The zero-order chi connectivity index (χ0) is 15.0. The molecule has 0 heterocycles. The van der Waals surface area contributed by atoms with E-state index in [-0.39, 0.29) is 24.4 Å². The van der Waals surface area contributed by atoms with E-state index < -0.39 is 0 Å². The molecule has 0 fully saturated rings. The lowest BCUT2D eigenvalue weighted by molar-refractivity contribution is -0.123. The Balaban J connectivity index is 2.58. The van der Waals surface area contributed by atoms with Crippen molar-refractivity contribution in [2.75, 3.05) is 13.7 Å². The van der Waals surface area contributed by atoms with Gasteiger partial charge in [-0.25, -0.2) is 4.39 Å². The van der Waals surface area contributed by atoms with Gasteiger partial charge in [-0.05, 0) is 38.1 Å². The molecule has 1 amide bonds. The molecule has 1 rings (SSSR count). The van der Waals surface area contributed by atoms with Crippen LogP contribution in [0.4, 0.5) is 4.39 Å². The van der Waals surface area contributed by atoms with Crippen molar-refractivity contribution in [2.45, 2.75) is 39.3 Å². The van der Waals surface area contributed by atoms with Crippen molar-refractivity contribution in [1.82, 2.24) is 10.6 Å². The Hall–Kier alpha value is -1.62. The summed E-state index contributed by atoms with van der Waals surface area (Å²) < 4.78 is 18.6. The van der Waals surface area contributed by atoms with Gasteiger partial charge in [0.25, 0.3) is 5.91 Å². The first-order chi connectivity index (χ1) is 9.60. The van der Waals surface area contributed by atoms with E-state index in [9.17, 15) is 9.18 Å².